The Kier molecular flexibility index (Phi) is 6.50. The minimum absolute atomic E-state index is 0.0258. The van der Waals surface area contributed by atoms with Crippen LogP contribution in [0.4, 0.5) is 5.69 Å². The summed E-state index contributed by atoms with van der Waals surface area (Å²) >= 11 is 0. The second kappa shape index (κ2) is 9.79. The number of carbonyl (C=O) groups excluding carboxylic acids is 4. The smallest absolute Gasteiger partial charge is 0.271 e. The van der Waals surface area contributed by atoms with Gasteiger partial charge in [0.15, 0.2) is 0 Å². The maximum atomic E-state index is 13.2. The number of likely N-dealkylation sites (tertiary alicyclic amines) is 1. The molecule has 4 amide bonds. The highest BCUT2D eigenvalue weighted by molar-refractivity contribution is 6.08. The molecule has 0 aromatic heterocycles. The molecule has 38 heavy (non-hydrogen) atoms. The summed E-state index contributed by atoms with van der Waals surface area (Å²) in [4.78, 5) is 55.1. The van der Waals surface area contributed by atoms with Crippen molar-refractivity contribution in [3.63, 3.8) is 0 Å². The Labute approximate surface area is 220 Å². The number of methoxy groups -OCH3 is 1. The maximum Gasteiger partial charge on any atom is 0.271 e. The molecule has 2 aromatic rings. The molecule has 196 valence electrons. The fraction of sp³-hybridized carbons (Fsp3) is 0.286. The number of hydrogen-bond donors (Lipinski definition) is 1. The highest BCUT2D eigenvalue weighted by Gasteiger charge is 2.35. The summed E-state index contributed by atoms with van der Waals surface area (Å²) in [6.45, 7) is 10.9. The molecule has 0 aliphatic carbocycles. The van der Waals surface area contributed by atoms with Crippen molar-refractivity contribution in [1.82, 2.24) is 15.1 Å². The van der Waals surface area contributed by atoms with E-state index in [9.17, 15) is 19.2 Å². The van der Waals surface area contributed by atoms with Crippen LogP contribution < -0.4 is 15.0 Å². The molecular weight excluding hydrogens is 488 g/mol. The van der Waals surface area contributed by atoms with Gasteiger partial charge in [-0.1, -0.05) is 31.4 Å². The first-order valence-corrected chi connectivity index (χ1v) is 12.2. The Hall–Kier alpha value is -4.44. The predicted molar refractivity (Wildman–Crippen MR) is 139 cm³/mol. The van der Waals surface area contributed by atoms with E-state index in [1.54, 1.807) is 24.1 Å². The lowest BCUT2D eigenvalue weighted by Gasteiger charge is -2.38. The van der Waals surface area contributed by atoms with E-state index in [4.69, 9.17) is 9.47 Å². The van der Waals surface area contributed by atoms with E-state index in [0.717, 1.165) is 16.7 Å². The highest BCUT2D eigenvalue weighted by atomic mass is 16.5. The summed E-state index contributed by atoms with van der Waals surface area (Å²) in [5.74, 6) is -0.915. The van der Waals surface area contributed by atoms with Gasteiger partial charge in [0.1, 0.15) is 18.1 Å². The normalized spacial score (nSPS) is 16.3. The van der Waals surface area contributed by atoms with Crippen molar-refractivity contribution < 1.29 is 28.7 Å². The predicted octanol–water partition coefficient (Wildman–Crippen LogP) is 2.06. The van der Waals surface area contributed by atoms with Gasteiger partial charge in [-0.2, -0.15) is 0 Å². The summed E-state index contributed by atoms with van der Waals surface area (Å²) in [5.41, 5.74) is 3.35. The van der Waals surface area contributed by atoms with Gasteiger partial charge in [0.05, 0.1) is 30.6 Å². The summed E-state index contributed by atoms with van der Waals surface area (Å²) < 4.78 is 11.0. The zero-order valence-electron chi connectivity index (χ0n) is 21.3. The largest absolute Gasteiger partial charge is 0.490 e. The fourth-order valence-corrected chi connectivity index (χ4v) is 4.87. The molecule has 0 spiro atoms. The minimum Gasteiger partial charge on any atom is -0.490 e. The van der Waals surface area contributed by atoms with Crippen LogP contribution in [0.5, 0.6) is 5.75 Å². The third-order valence-corrected chi connectivity index (χ3v) is 7.06. The van der Waals surface area contributed by atoms with E-state index in [2.05, 4.69) is 18.5 Å². The van der Waals surface area contributed by atoms with Crippen molar-refractivity contribution in [3.05, 3.63) is 72.1 Å². The van der Waals surface area contributed by atoms with Crippen LogP contribution in [0.2, 0.25) is 0 Å². The Balaban J connectivity index is 1.32. The van der Waals surface area contributed by atoms with Crippen LogP contribution in [-0.4, -0.2) is 72.9 Å². The number of anilines is 1. The molecule has 5 rings (SSSR count). The maximum absolute atomic E-state index is 13.2. The van der Waals surface area contributed by atoms with Crippen molar-refractivity contribution in [3.8, 4) is 16.9 Å². The summed E-state index contributed by atoms with van der Waals surface area (Å²) in [6.07, 6.45) is -0.0258. The average Bonchev–Trinajstić information content (AvgIpc) is 3.23. The molecule has 1 N–H and O–H groups in total. The van der Waals surface area contributed by atoms with Crippen LogP contribution in [0.1, 0.15) is 22.8 Å². The standard InChI is InChI=1S/C28H28N4O6/c1-16(27(35)30-13-20(14-30)37-4)29-26(34)17(2)32-15-23-21(6-5-7-22(23)28(32)36)19-8-9-24-25(12-19)38-11-10-31(24)18(3)33/h5-9,12,20H,1-2,10-11,13-15H2,3-4H3,(H,29,34). The lowest BCUT2D eigenvalue weighted by molar-refractivity contribution is -0.139. The third kappa shape index (κ3) is 4.32. The molecule has 0 bridgehead atoms. The second-order valence-electron chi connectivity index (χ2n) is 9.37. The van der Waals surface area contributed by atoms with Crippen LogP contribution in [0.25, 0.3) is 11.1 Å². The quantitative estimate of drug-likeness (QED) is 0.589. The summed E-state index contributed by atoms with van der Waals surface area (Å²) in [7, 11) is 1.57. The van der Waals surface area contributed by atoms with E-state index in [-0.39, 0.29) is 35.9 Å². The number of fused-ring (bicyclic) bond motifs is 2. The van der Waals surface area contributed by atoms with Crippen LogP contribution in [0, 0.1) is 0 Å². The molecule has 1 saturated heterocycles. The van der Waals surface area contributed by atoms with E-state index in [1.165, 1.54) is 16.7 Å². The number of hydrogen-bond acceptors (Lipinski definition) is 6. The molecule has 10 nitrogen and oxygen atoms in total. The van der Waals surface area contributed by atoms with Crippen LogP contribution in [-0.2, 0) is 25.7 Å². The topological polar surface area (TPSA) is 108 Å². The monoisotopic (exact) mass is 516 g/mol. The van der Waals surface area contributed by atoms with Crippen LogP contribution in [0.15, 0.2) is 61.0 Å². The number of amides is 4. The number of ether oxygens (including phenoxy) is 2. The molecule has 10 heteroatoms. The van der Waals surface area contributed by atoms with Crippen molar-refractivity contribution >= 4 is 29.3 Å². The SMILES string of the molecule is C=C(NC(=O)C(=C)N1Cc2c(cccc2-c2ccc3c(c2)OCCN3C(C)=O)C1=O)C(=O)N1CC(OC)C1. The Morgan fingerprint density at radius 2 is 1.82 bits per heavy atom. The zero-order chi connectivity index (χ0) is 27.1. The number of benzene rings is 2. The average molecular weight is 517 g/mol. The molecule has 3 aliphatic heterocycles. The van der Waals surface area contributed by atoms with E-state index in [0.29, 0.717) is 43.2 Å². The first-order valence-electron chi connectivity index (χ1n) is 12.2. The minimum atomic E-state index is -0.679. The molecular formula is C28H28N4O6. The first kappa shape index (κ1) is 25.2. The molecule has 3 aliphatic rings. The zero-order valence-corrected chi connectivity index (χ0v) is 21.3. The third-order valence-electron chi connectivity index (χ3n) is 7.06. The van der Waals surface area contributed by atoms with Crippen molar-refractivity contribution in [2.24, 2.45) is 0 Å². The van der Waals surface area contributed by atoms with Gasteiger partial charge in [-0.15, -0.1) is 0 Å². The molecule has 0 radical (unpaired) electrons. The van der Waals surface area contributed by atoms with E-state index >= 15 is 0 Å². The lowest BCUT2D eigenvalue weighted by atomic mass is 9.96. The van der Waals surface area contributed by atoms with Gasteiger partial charge < -0.3 is 24.6 Å². The van der Waals surface area contributed by atoms with Gasteiger partial charge in [0.2, 0.25) is 5.91 Å². The Bertz CT molecular complexity index is 1390. The second-order valence-corrected chi connectivity index (χ2v) is 9.37. The van der Waals surface area contributed by atoms with E-state index in [1.807, 2.05) is 24.3 Å². The Morgan fingerprint density at radius 1 is 1.08 bits per heavy atom. The summed E-state index contributed by atoms with van der Waals surface area (Å²) in [6, 6.07) is 11.0. The lowest BCUT2D eigenvalue weighted by Crippen LogP contribution is -2.56. The van der Waals surface area contributed by atoms with Crippen molar-refractivity contribution in [1.29, 1.82) is 0 Å². The summed E-state index contributed by atoms with van der Waals surface area (Å²) in [5, 5.41) is 2.47. The number of carbonyl (C=O) groups is 4. The number of nitrogens with zero attached hydrogens (tertiary/aromatic N) is 3. The van der Waals surface area contributed by atoms with Gasteiger partial charge in [0.25, 0.3) is 17.7 Å². The molecule has 0 unspecified atom stereocenters. The van der Waals surface area contributed by atoms with Gasteiger partial charge in [-0.05, 0) is 34.9 Å². The molecule has 0 saturated carbocycles. The van der Waals surface area contributed by atoms with Gasteiger partial charge in [-0.25, -0.2) is 0 Å². The Morgan fingerprint density at radius 3 is 2.53 bits per heavy atom. The van der Waals surface area contributed by atoms with Crippen molar-refractivity contribution in [2.75, 3.05) is 38.3 Å². The highest BCUT2D eigenvalue weighted by Crippen LogP contribution is 2.39. The molecule has 1 fully saturated rings. The van der Waals surface area contributed by atoms with Crippen LogP contribution in [0.3, 0.4) is 0 Å². The van der Waals surface area contributed by atoms with Gasteiger partial charge in [-0.3, -0.25) is 24.1 Å². The van der Waals surface area contributed by atoms with Crippen LogP contribution >= 0.6 is 0 Å². The molecule has 0 atom stereocenters. The first-order chi connectivity index (χ1) is 18.2. The van der Waals surface area contributed by atoms with E-state index < -0.39 is 11.8 Å². The fourth-order valence-electron chi connectivity index (χ4n) is 4.87. The van der Waals surface area contributed by atoms with Crippen molar-refractivity contribution in [2.45, 2.75) is 19.6 Å². The van der Waals surface area contributed by atoms with Gasteiger partial charge >= 0.3 is 0 Å². The number of rotatable bonds is 6. The molecule has 3 heterocycles. The van der Waals surface area contributed by atoms with Gasteiger partial charge in [0, 0.05) is 32.7 Å². The number of nitrogens with one attached hydrogen (secondary N) is 1. The molecule has 2 aromatic carbocycles.